The lowest BCUT2D eigenvalue weighted by Gasteiger charge is -2.09. The smallest absolute Gasteiger partial charge is 0.156 e. The molecular formula is C14H17N3O. The van der Waals surface area contributed by atoms with E-state index in [-0.39, 0.29) is 0 Å². The highest BCUT2D eigenvalue weighted by Gasteiger charge is 2.04. The van der Waals surface area contributed by atoms with Crippen LogP contribution in [-0.2, 0) is 4.74 Å². The third-order valence-corrected chi connectivity index (χ3v) is 2.65. The van der Waals surface area contributed by atoms with Crippen molar-refractivity contribution in [3.05, 3.63) is 42.6 Å². The molecule has 1 N–H and O–H groups in total. The molecule has 0 atom stereocenters. The molecule has 2 rings (SSSR count). The van der Waals surface area contributed by atoms with Gasteiger partial charge in [-0.05, 0) is 6.92 Å². The summed E-state index contributed by atoms with van der Waals surface area (Å²) in [6, 6.07) is 8.11. The molecule has 4 heteroatoms. The van der Waals surface area contributed by atoms with E-state index in [0.29, 0.717) is 19.8 Å². The fourth-order valence-corrected chi connectivity index (χ4v) is 1.78. The molecule has 0 aliphatic rings. The van der Waals surface area contributed by atoms with E-state index in [0.717, 1.165) is 22.3 Å². The summed E-state index contributed by atoms with van der Waals surface area (Å²) in [6.45, 7) is 7.46. The molecule has 0 aliphatic heterocycles. The Morgan fingerprint density at radius 1 is 1.28 bits per heavy atom. The van der Waals surface area contributed by atoms with Gasteiger partial charge in [-0.3, -0.25) is 0 Å². The summed E-state index contributed by atoms with van der Waals surface area (Å²) in [5, 5.41) is 13.8. The van der Waals surface area contributed by atoms with Crippen LogP contribution in [0.3, 0.4) is 0 Å². The van der Waals surface area contributed by atoms with Gasteiger partial charge >= 0.3 is 0 Å². The first-order chi connectivity index (χ1) is 8.83. The van der Waals surface area contributed by atoms with E-state index in [9.17, 15) is 0 Å². The van der Waals surface area contributed by atoms with Gasteiger partial charge in [0, 0.05) is 17.3 Å². The van der Waals surface area contributed by atoms with Crippen molar-refractivity contribution in [2.24, 2.45) is 0 Å². The summed E-state index contributed by atoms with van der Waals surface area (Å²) in [6.07, 6.45) is 1.74. The van der Waals surface area contributed by atoms with Gasteiger partial charge < -0.3 is 10.1 Å². The lowest BCUT2D eigenvalue weighted by atomic mass is 10.1. The van der Waals surface area contributed by atoms with E-state index < -0.39 is 0 Å². The van der Waals surface area contributed by atoms with E-state index in [4.69, 9.17) is 4.74 Å². The Bertz CT molecular complexity index is 540. The van der Waals surface area contributed by atoms with Crippen LogP contribution in [0.25, 0.3) is 10.8 Å². The summed E-state index contributed by atoms with van der Waals surface area (Å²) in [5.41, 5.74) is 0.944. The highest BCUT2D eigenvalue weighted by molar-refractivity contribution is 5.92. The number of rotatable bonds is 6. The Balaban J connectivity index is 2.09. The minimum absolute atomic E-state index is 0.571. The van der Waals surface area contributed by atoms with Crippen molar-refractivity contribution in [2.45, 2.75) is 6.92 Å². The molecule has 4 nitrogen and oxygen atoms in total. The van der Waals surface area contributed by atoms with Crippen molar-refractivity contribution in [3.8, 4) is 0 Å². The average Bonchev–Trinajstić information content (AvgIpc) is 2.41. The molecule has 0 aliphatic carbocycles. The lowest BCUT2D eigenvalue weighted by molar-refractivity contribution is 0.173. The predicted octanol–water partition coefficient (Wildman–Crippen LogP) is 2.55. The van der Waals surface area contributed by atoms with Crippen molar-refractivity contribution in [1.82, 2.24) is 10.2 Å². The van der Waals surface area contributed by atoms with Gasteiger partial charge in [0.2, 0.25) is 0 Å². The normalized spacial score (nSPS) is 10.5. The molecule has 0 radical (unpaired) electrons. The fourth-order valence-electron chi connectivity index (χ4n) is 1.78. The van der Waals surface area contributed by atoms with Crippen LogP contribution in [0.15, 0.2) is 36.9 Å². The quantitative estimate of drug-likeness (QED) is 0.625. The first-order valence-electron chi connectivity index (χ1n) is 5.97. The number of nitrogens with zero attached hydrogens (tertiary/aromatic N) is 2. The van der Waals surface area contributed by atoms with E-state index in [2.05, 4.69) is 28.2 Å². The maximum atomic E-state index is 5.31. The van der Waals surface area contributed by atoms with Gasteiger partial charge in [-0.15, -0.1) is 11.7 Å². The number of fused-ring (bicyclic) bond motifs is 1. The molecule has 0 unspecified atom stereocenters. The second-order valence-corrected chi connectivity index (χ2v) is 3.97. The third-order valence-electron chi connectivity index (χ3n) is 2.65. The van der Waals surface area contributed by atoms with Gasteiger partial charge in [0.15, 0.2) is 5.82 Å². The van der Waals surface area contributed by atoms with Crippen LogP contribution >= 0.6 is 0 Å². The minimum Gasteiger partial charge on any atom is -0.376 e. The second kappa shape index (κ2) is 6.12. The molecule has 1 aromatic carbocycles. The van der Waals surface area contributed by atoms with Crippen LogP contribution in [0, 0.1) is 6.92 Å². The first kappa shape index (κ1) is 12.5. The highest BCUT2D eigenvalue weighted by atomic mass is 16.5. The topological polar surface area (TPSA) is 47.0 Å². The highest BCUT2D eigenvalue weighted by Crippen LogP contribution is 2.21. The zero-order chi connectivity index (χ0) is 12.8. The standard InChI is InChI=1S/C14H17N3O/c1-3-9-18-10-8-15-14-13-7-5-4-6-12(13)11(2)16-17-14/h3-7H,1,8-10H2,2H3,(H,15,17). The molecule has 0 saturated carbocycles. The van der Waals surface area contributed by atoms with Crippen LogP contribution in [0.1, 0.15) is 5.69 Å². The molecule has 18 heavy (non-hydrogen) atoms. The van der Waals surface area contributed by atoms with Crippen LogP contribution < -0.4 is 5.32 Å². The summed E-state index contributed by atoms with van der Waals surface area (Å²) < 4.78 is 5.31. The number of aryl methyl sites for hydroxylation is 1. The van der Waals surface area contributed by atoms with E-state index in [1.54, 1.807) is 6.08 Å². The number of anilines is 1. The van der Waals surface area contributed by atoms with Gasteiger partial charge in [0.25, 0.3) is 0 Å². The Morgan fingerprint density at radius 3 is 2.83 bits per heavy atom. The van der Waals surface area contributed by atoms with Crippen molar-refractivity contribution < 1.29 is 4.74 Å². The van der Waals surface area contributed by atoms with Crippen molar-refractivity contribution in [2.75, 3.05) is 25.1 Å². The molecule has 1 aromatic heterocycles. The Hall–Kier alpha value is -1.94. The van der Waals surface area contributed by atoms with Gasteiger partial charge in [-0.1, -0.05) is 30.3 Å². The third kappa shape index (κ3) is 2.84. The lowest BCUT2D eigenvalue weighted by Crippen LogP contribution is -2.11. The Labute approximate surface area is 107 Å². The van der Waals surface area contributed by atoms with Crippen LogP contribution in [-0.4, -0.2) is 30.0 Å². The van der Waals surface area contributed by atoms with Gasteiger partial charge in [-0.25, -0.2) is 0 Å². The molecule has 0 spiro atoms. The van der Waals surface area contributed by atoms with Crippen molar-refractivity contribution in [3.63, 3.8) is 0 Å². The number of hydrogen-bond donors (Lipinski definition) is 1. The minimum atomic E-state index is 0.571. The number of ether oxygens (including phenoxy) is 1. The molecule has 0 fully saturated rings. The van der Waals surface area contributed by atoms with Crippen LogP contribution in [0.4, 0.5) is 5.82 Å². The van der Waals surface area contributed by atoms with E-state index in [1.807, 2.05) is 25.1 Å². The fraction of sp³-hybridized carbons (Fsp3) is 0.286. The van der Waals surface area contributed by atoms with E-state index >= 15 is 0 Å². The number of benzene rings is 1. The Kier molecular flexibility index (Phi) is 4.25. The van der Waals surface area contributed by atoms with Crippen molar-refractivity contribution in [1.29, 1.82) is 0 Å². The van der Waals surface area contributed by atoms with Gasteiger partial charge in [0.05, 0.1) is 18.9 Å². The monoisotopic (exact) mass is 243 g/mol. The zero-order valence-electron chi connectivity index (χ0n) is 10.5. The summed E-state index contributed by atoms with van der Waals surface area (Å²) >= 11 is 0. The molecular weight excluding hydrogens is 226 g/mol. The van der Waals surface area contributed by atoms with Gasteiger partial charge in [-0.2, -0.15) is 5.10 Å². The van der Waals surface area contributed by atoms with Crippen molar-refractivity contribution >= 4 is 16.6 Å². The summed E-state index contributed by atoms with van der Waals surface area (Å²) in [4.78, 5) is 0. The molecule has 0 amide bonds. The molecule has 0 bridgehead atoms. The average molecular weight is 243 g/mol. The molecule has 0 saturated heterocycles. The van der Waals surface area contributed by atoms with Crippen LogP contribution in [0.5, 0.6) is 0 Å². The Morgan fingerprint density at radius 2 is 2.06 bits per heavy atom. The van der Waals surface area contributed by atoms with Gasteiger partial charge in [0.1, 0.15) is 0 Å². The molecule has 1 heterocycles. The van der Waals surface area contributed by atoms with Crippen LogP contribution in [0.2, 0.25) is 0 Å². The zero-order valence-corrected chi connectivity index (χ0v) is 10.5. The first-order valence-corrected chi connectivity index (χ1v) is 5.97. The second-order valence-electron chi connectivity index (χ2n) is 3.97. The molecule has 94 valence electrons. The number of aromatic nitrogens is 2. The number of hydrogen-bond acceptors (Lipinski definition) is 4. The molecule has 2 aromatic rings. The maximum absolute atomic E-state index is 5.31. The largest absolute Gasteiger partial charge is 0.376 e. The summed E-state index contributed by atoms with van der Waals surface area (Å²) in [7, 11) is 0. The summed E-state index contributed by atoms with van der Waals surface area (Å²) in [5.74, 6) is 0.804. The SMILES string of the molecule is C=CCOCCNc1nnc(C)c2ccccc12. The predicted molar refractivity (Wildman–Crippen MR) is 73.8 cm³/mol. The maximum Gasteiger partial charge on any atom is 0.156 e. The number of nitrogens with one attached hydrogen (secondary N) is 1. The van der Waals surface area contributed by atoms with E-state index in [1.165, 1.54) is 0 Å².